The van der Waals surface area contributed by atoms with Crippen LogP contribution in [0.3, 0.4) is 0 Å². The number of aromatic hydroxyl groups is 1. The summed E-state index contributed by atoms with van der Waals surface area (Å²) in [6.45, 7) is -0.475. The molecule has 7 N–H and O–H groups in total. The Kier molecular flexibility index (Phi) is 4.98. The van der Waals surface area contributed by atoms with Crippen molar-refractivity contribution in [2.45, 2.75) is 24.5 Å². The summed E-state index contributed by atoms with van der Waals surface area (Å²) in [6, 6.07) is 6.46. The van der Waals surface area contributed by atoms with Crippen LogP contribution >= 0.6 is 0 Å². The molecule has 3 heterocycles. The molecule has 0 aliphatic carbocycles. The molecule has 1 saturated heterocycles. The monoisotopic (exact) mass is 401 g/mol. The number of aliphatic hydroxyl groups excluding tert-OH is 3. The van der Waals surface area contributed by atoms with E-state index in [4.69, 9.17) is 10.5 Å². The van der Waals surface area contributed by atoms with Gasteiger partial charge in [0, 0.05) is 0 Å². The number of hydrazone groups is 1. The molecule has 0 bridgehead atoms. The largest absolute Gasteiger partial charge is 0.508 e. The minimum Gasteiger partial charge on any atom is -0.508 e. The standard InChI is InChI=1S/C17H19N7O5/c18-14-11-15(20-7-19-14)24(16-13(28)12(27)10(6-25)29-16)17(22-11)23-21-5-8-2-1-3-9(26)4-8/h1-5,7,10,12-13,16,25-28H,6H2,(H,22,23)(H2,18,19,20)/b21-5-/t10-,12-,13-,16-/m1/s1. The van der Waals surface area contributed by atoms with Crippen LogP contribution in [0.15, 0.2) is 35.7 Å². The molecule has 29 heavy (non-hydrogen) atoms. The molecule has 12 nitrogen and oxygen atoms in total. The van der Waals surface area contributed by atoms with E-state index in [1.54, 1.807) is 12.1 Å². The van der Waals surface area contributed by atoms with Crippen molar-refractivity contribution in [2.75, 3.05) is 17.8 Å². The van der Waals surface area contributed by atoms with Crippen molar-refractivity contribution in [1.82, 2.24) is 19.5 Å². The molecule has 3 aromatic rings. The quantitative estimate of drug-likeness (QED) is 0.233. The van der Waals surface area contributed by atoms with Crippen LogP contribution in [0.2, 0.25) is 0 Å². The highest BCUT2D eigenvalue weighted by molar-refractivity contribution is 5.84. The van der Waals surface area contributed by atoms with Gasteiger partial charge < -0.3 is 30.9 Å². The average Bonchev–Trinajstić information content (AvgIpc) is 3.20. The molecule has 0 spiro atoms. The first kappa shape index (κ1) is 19.0. The number of fused-ring (bicyclic) bond motifs is 1. The van der Waals surface area contributed by atoms with E-state index in [0.717, 1.165) is 0 Å². The summed E-state index contributed by atoms with van der Waals surface area (Å²) in [5, 5.41) is 43.5. The second kappa shape index (κ2) is 7.60. The summed E-state index contributed by atoms with van der Waals surface area (Å²) in [6.07, 6.45) is -2.04. The molecule has 1 aromatic carbocycles. The number of nitrogen functional groups attached to an aromatic ring is 1. The van der Waals surface area contributed by atoms with E-state index in [9.17, 15) is 20.4 Å². The number of nitrogens with one attached hydrogen (secondary N) is 1. The van der Waals surface area contributed by atoms with Gasteiger partial charge in [-0.15, -0.1) is 0 Å². The van der Waals surface area contributed by atoms with E-state index in [0.29, 0.717) is 5.56 Å². The Morgan fingerprint density at radius 1 is 1.28 bits per heavy atom. The highest BCUT2D eigenvalue weighted by atomic mass is 16.6. The molecular weight excluding hydrogens is 382 g/mol. The van der Waals surface area contributed by atoms with Crippen LogP contribution in [0.1, 0.15) is 11.8 Å². The third-order valence-corrected chi connectivity index (χ3v) is 4.53. The van der Waals surface area contributed by atoms with Crippen LogP contribution in [-0.2, 0) is 4.74 Å². The van der Waals surface area contributed by atoms with Gasteiger partial charge in [-0.3, -0.25) is 4.57 Å². The number of nitrogens with zero attached hydrogens (tertiary/aromatic N) is 5. The maximum absolute atomic E-state index is 10.4. The fourth-order valence-corrected chi connectivity index (χ4v) is 3.11. The second-order valence-electron chi connectivity index (χ2n) is 6.43. The first-order valence-electron chi connectivity index (χ1n) is 8.68. The number of hydrogen-bond donors (Lipinski definition) is 6. The first-order chi connectivity index (χ1) is 14.0. The lowest BCUT2D eigenvalue weighted by molar-refractivity contribution is -0.0501. The van der Waals surface area contributed by atoms with Crippen molar-refractivity contribution < 1.29 is 25.2 Å². The number of aliphatic hydroxyl groups is 3. The zero-order valence-corrected chi connectivity index (χ0v) is 15.0. The number of hydrogen-bond acceptors (Lipinski definition) is 11. The van der Waals surface area contributed by atoms with E-state index in [2.05, 4.69) is 25.5 Å². The topological polar surface area (TPSA) is 184 Å². The van der Waals surface area contributed by atoms with Crippen LogP contribution < -0.4 is 11.2 Å². The summed E-state index contributed by atoms with van der Waals surface area (Å²) in [7, 11) is 0. The van der Waals surface area contributed by atoms with E-state index < -0.39 is 31.1 Å². The molecule has 4 atom stereocenters. The lowest BCUT2D eigenvalue weighted by Crippen LogP contribution is -2.33. The van der Waals surface area contributed by atoms with Gasteiger partial charge in [0.2, 0.25) is 5.95 Å². The zero-order valence-electron chi connectivity index (χ0n) is 15.0. The fourth-order valence-electron chi connectivity index (χ4n) is 3.11. The maximum Gasteiger partial charge on any atom is 0.228 e. The smallest absolute Gasteiger partial charge is 0.228 e. The summed E-state index contributed by atoms with van der Waals surface area (Å²) in [5.41, 5.74) is 9.73. The Hall–Kier alpha value is -3.32. The molecule has 2 aromatic heterocycles. The molecule has 1 aliphatic heterocycles. The van der Waals surface area contributed by atoms with Gasteiger partial charge >= 0.3 is 0 Å². The van der Waals surface area contributed by atoms with E-state index in [1.807, 2.05) is 0 Å². The van der Waals surface area contributed by atoms with Gasteiger partial charge in [-0.1, -0.05) is 12.1 Å². The third kappa shape index (κ3) is 3.45. The molecule has 0 amide bonds. The first-order valence-corrected chi connectivity index (χ1v) is 8.68. The number of benzene rings is 1. The van der Waals surface area contributed by atoms with Crippen molar-refractivity contribution in [3.63, 3.8) is 0 Å². The SMILES string of the molecule is Nc1ncnc2c1nc(N/N=C\c1cccc(O)c1)n2[C@@H]1O[C@H](CO)[C@@H](O)[C@H]1O. The molecule has 152 valence electrons. The number of nitrogens with two attached hydrogens (primary N) is 1. The van der Waals surface area contributed by atoms with Crippen molar-refractivity contribution in [3.8, 4) is 5.75 Å². The van der Waals surface area contributed by atoms with E-state index >= 15 is 0 Å². The highest BCUT2D eigenvalue weighted by Gasteiger charge is 2.45. The van der Waals surface area contributed by atoms with Gasteiger partial charge in [-0.2, -0.15) is 5.10 Å². The Labute approximate surface area is 163 Å². The highest BCUT2D eigenvalue weighted by Crippen LogP contribution is 2.35. The lowest BCUT2D eigenvalue weighted by atomic mass is 10.1. The van der Waals surface area contributed by atoms with Gasteiger partial charge in [0.1, 0.15) is 30.4 Å². The number of phenolic OH excluding ortho intramolecular Hbond substituents is 1. The number of ether oxygens (including phenoxy) is 1. The van der Waals surface area contributed by atoms with Crippen LogP contribution in [0.5, 0.6) is 5.75 Å². The van der Waals surface area contributed by atoms with Crippen molar-refractivity contribution >= 4 is 29.1 Å². The number of anilines is 2. The predicted octanol–water partition coefficient (Wildman–Crippen LogP) is -0.828. The number of phenols is 1. The lowest BCUT2D eigenvalue weighted by Gasteiger charge is -2.18. The molecule has 1 fully saturated rings. The average molecular weight is 401 g/mol. The van der Waals surface area contributed by atoms with Crippen LogP contribution in [0.4, 0.5) is 11.8 Å². The number of rotatable bonds is 5. The van der Waals surface area contributed by atoms with Gasteiger partial charge in [0.25, 0.3) is 0 Å². The van der Waals surface area contributed by atoms with Crippen LogP contribution in [0.25, 0.3) is 11.2 Å². The normalized spacial score (nSPS) is 24.5. The van der Waals surface area contributed by atoms with E-state index in [-0.39, 0.29) is 28.7 Å². The minimum absolute atomic E-state index is 0.0933. The summed E-state index contributed by atoms with van der Waals surface area (Å²) in [4.78, 5) is 12.4. The molecule has 12 heteroatoms. The number of aromatic nitrogens is 4. The fraction of sp³-hybridized carbons (Fsp3) is 0.294. The molecule has 1 aliphatic rings. The Morgan fingerprint density at radius 3 is 2.83 bits per heavy atom. The molecule has 0 unspecified atom stereocenters. The van der Waals surface area contributed by atoms with Gasteiger partial charge in [0.05, 0.1) is 12.8 Å². The third-order valence-electron chi connectivity index (χ3n) is 4.53. The van der Waals surface area contributed by atoms with Gasteiger partial charge in [0.15, 0.2) is 23.2 Å². The van der Waals surface area contributed by atoms with Gasteiger partial charge in [-0.25, -0.2) is 20.4 Å². The Morgan fingerprint density at radius 2 is 2.10 bits per heavy atom. The summed E-state index contributed by atoms with van der Waals surface area (Å²) >= 11 is 0. The molecule has 4 rings (SSSR count). The molecule has 0 radical (unpaired) electrons. The second-order valence-corrected chi connectivity index (χ2v) is 6.43. The molecular formula is C17H19N7O5. The van der Waals surface area contributed by atoms with Crippen molar-refractivity contribution in [1.29, 1.82) is 0 Å². The van der Waals surface area contributed by atoms with E-state index in [1.165, 1.54) is 29.2 Å². The minimum atomic E-state index is -1.35. The molecule has 0 saturated carbocycles. The Balaban J connectivity index is 1.72. The zero-order chi connectivity index (χ0) is 20.5. The van der Waals surface area contributed by atoms with Crippen LogP contribution in [-0.4, -0.2) is 71.1 Å². The summed E-state index contributed by atoms with van der Waals surface area (Å²) in [5.74, 6) is 0.328. The van der Waals surface area contributed by atoms with Crippen molar-refractivity contribution in [3.05, 3.63) is 36.2 Å². The predicted molar refractivity (Wildman–Crippen MR) is 102 cm³/mol. The number of imidazole rings is 1. The van der Waals surface area contributed by atoms with Gasteiger partial charge in [-0.05, 0) is 17.7 Å². The van der Waals surface area contributed by atoms with Crippen molar-refractivity contribution in [2.24, 2.45) is 5.10 Å². The summed E-state index contributed by atoms with van der Waals surface area (Å²) < 4.78 is 6.98. The maximum atomic E-state index is 10.4. The Bertz CT molecular complexity index is 1060. The van der Waals surface area contributed by atoms with Crippen LogP contribution in [0, 0.1) is 0 Å².